The molecule has 6 heteroatoms. The minimum absolute atomic E-state index is 0.0171. The predicted octanol–water partition coefficient (Wildman–Crippen LogP) is 1.52. The zero-order valence-electron chi connectivity index (χ0n) is 8.54. The molecule has 2 atom stereocenters. The van der Waals surface area contributed by atoms with Crippen molar-refractivity contribution in [3.63, 3.8) is 0 Å². The predicted molar refractivity (Wildman–Crippen MR) is 64.6 cm³/mol. The standard InChI is InChI=1S/C10H13Cl2N3O/c11-6-1-7(12)3-9(2-6)16-5-8-4-10(13)15-14-8/h1-3,8,10,14-15H,4-5,13H2. The van der Waals surface area contributed by atoms with Crippen LogP contribution in [0.4, 0.5) is 0 Å². The third-order valence-corrected chi connectivity index (χ3v) is 2.73. The second-order valence-corrected chi connectivity index (χ2v) is 4.62. The number of halogens is 2. The van der Waals surface area contributed by atoms with Gasteiger partial charge in [0.15, 0.2) is 0 Å². The molecule has 88 valence electrons. The number of hydrazine groups is 1. The van der Waals surface area contributed by atoms with Crippen LogP contribution in [-0.2, 0) is 0 Å². The lowest BCUT2D eigenvalue weighted by Gasteiger charge is -2.11. The summed E-state index contributed by atoms with van der Waals surface area (Å²) in [6.45, 7) is 0.525. The van der Waals surface area contributed by atoms with Crippen LogP contribution in [0.15, 0.2) is 18.2 Å². The molecule has 1 saturated heterocycles. The Kier molecular flexibility index (Phi) is 3.89. The molecule has 1 aromatic rings. The fourth-order valence-electron chi connectivity index (χ4n) is 1.57. The summed E-state index contributed by atoms with van der Waals surface area (Å²) >= 11 is 11.7. The molecule has 0 amide bonds. The van der Waals surface area contributed by atoms with Crippen molar-refractivity contribution in [2.75, 3.05) is 6.61 Å². The Balaban J connectivity index is 1.89. The van der Waals surface area contributed by atoms with Gasteiger partial charge in [0.05, 0.1) is 12.2 Å². The van der Waals surface area contributed by atoms with Crippen LogP contribution in [0.2, 0.25) is 10.0 Å². The molecule has 4 N–H and O–H groups in total. The first-order valence-electron chi connectivity index (χ1n) is 4.99. The maximum Gasteiger partial charge on any atom is 0.122 e. The van der Waals surface area contributed by atoms with Gasteiger partial charge in [0.2, 0.25) is 0 Å². The fourth-order valence-corrected chi connectivity index (χ4v) is 2.07. The normalized spacial score (nSPS) is 24.7. The van der Waals surface area contributed by atoms with E-state index in [-0.39, 0.29) is 12.2 Å². The highest BCUT2D eigenvalue weighted by atomic mass is 35.5. The third kappa shape index (κ3) is 3.23. The summed E-state index contributed by atoms with van der Waals surface area (Å²) in [4.78, 5) is 0. The van der Waals surface area contributed by atoms with E-state index in [1.54, 1.807) is 18.2 Å². The van der Waals surface area contributed by atoms with Crippen molar-refractivity contribution >= 4 is 23.2 Å². The maximum absolute atomic E-state index is 5.86. The van der Waals surface area contributed by atoms with Gasteiger partial charge in [-0.15, -0.1) is 0 Å². The lowest BCUT2D eigenvalue weighted by atomic mass is 10.2. The third-order valence-electron chi connectivity index (χ3n) is 2.30. The van der Waals surface area contributed by atoms with Crippen LogP contribution in [0.5, 0.6) is 5.75 Å². The molecule has 1 fully saturated rings. The summed E-state index contributed by atoms with van der Waals surface area (Å²) in [5.41, 5.74) is 11.6. The zero-order valence-corrected chi connectivity index (χ0v) is 10.1. The first-order valence-corrected chi connectivity index (χ1v) is 5.74. The van der Waals surface area contributed by atoms with Crippen molar-refractivity contribution in [3.05, 3.63) is 28.2 Å². The molecule has 0 bridgehead atoms. The smallest absolute Gasteiger partial charge is 0.122 e. The van der Waals surface area contributed by atoms with Crippen LogP contribution >= 0.6 is 23.2 Å². The van der Waals surface area contributed by atoms with Gasteiger partial charge < -0.3 is 10.5 Å². The van der Waals surface area contributed by atoms with Crippen LogP contribution in [0.25, 0.3) is 0 Å². The molecule has 1 heterocycles. The maximum atomic E-state index is 5.86. The number of ether oxygens (including phenoxy) is 1. The van der Waals surface area contributed by atoms with Crippen LogP contribution in [-0.4, -0.2) is 18.8 Å². The van der Waals surface area contributed by atoms with Gasteiger partial charge in [-0.1, -0.05) is 23.2 Å². The molecule has 2 unspecified atom stereocenters. The highest BCUT2D eigenvalue weighted by molar-refractivity contribution is 6.34. The number of nitrogens with two attached hydrogens (primary N) is 1. The van der Waals surface area contributed by atoms with Crippen molar-refractivity contribution in [1.82, 2.24) is 10.9 Å². The number of hydrogen-bond donors (Lipinski definition) is 3. The van der Waals surface area contributed by atoms with Crippen LogP contribution in [0.1, 0.15) is 6.42 Å². The molecule has 16 heavy (non-hydrogen) atoms. The number of rotatable bonds is 3. The van der Waals surface area contributed by atoms with Crippen molar-refractivity contribution in [2.24, 2.45) is 5.73 Å². The van der Waals surface area contributed by atoms with Crippen molar-refractivity contribution in [2.45, 2.75) is 18.6 Å². The number of nitrogens with one attached hydrogen (secondary N) is 2. The summed E-state index contributed by atoms with van der Waals surface area (Å²) in [5, 5.41) is 1.13. The van der Waals surface area contributed by atoms with Crippen molar-refractivity contribution in [1.29, 1.82) is 0 Å². The molecule has 0 aliphatic carbocycles. The van der Waals surface area contributed by atoms with Gasteiger partial charge in [0.1, 0.15) is 12.4 Å². The molecule has 0 aromatic heterocycles. The summed E-state index contributed by atoms with van der Waals surface area (Å²) in [5.74, 6) is 0.666. The second kappa shape index (κ2) is 5.21. The summed E-state index contributed by atoms with van der Waals surface area (Å²) in [6.07, 6.45) is 0.811. The second-order valence-electron chi connectivity index (χ2n) is 3.74. The Morgan fingerprint density at radius 1 is 1.25 bits per heavy atom. The first kappa shape index (κ1) is 12.0. The Labute approximate surface area is 104 Å². The van der Waals surface area contributed by atoms with Crippen LogP contribution < -0.4 is 21.3 Å². The van der Waals surface area contributed by atoms with Gasteiger partial charge in [-0.3, -0.25) is 0 Å². The Bertz CT molecular complexity index is 355. The molecule has 0 saturated carbocycles. The van der Waals surface area contributed by atoms with E-state index in [9.17, 15) is 0 Å². The molecular formula is C10H13Cl2N3O. The summed E-state index contributed by atoms with van der Waals surface area (Å²) < 4.78 is 5.57. The molecular weight excluding hydrogens is 249 g/mol. The number of hydrogen-bond acceptors (Lipinski definition) is 4. The highest BCUT2D eigenvalue weighted by Gasteiger charge is 2.20. The van der Waals surface area contributed by atoms with E-state index in [1.165, 1.54) is 0 Å². The highest BCUT2D eigenvalue weighted by Crippen LogP contribution is 2.24. The SMILES string of the molecule is NC1CC(COc2cc(Cl)cc(Cl)c2)NN1. The molecule has 0 radical (unpaired) electrons. The van der Waals surface area contributed by atoms with Gasteiger partial charge in [-0.2, -0.15) is 0 Å². The summed E-state index contributed by atoms with van der Waals surface area (Å²) in [6, 6.07) is 5.33. The monoisotopic (exact) mass is 261 g/mol. The van der Waals surface area contributed by atoms with E-state index in [2.05, 4.69) is 10.9 Å². The average molecular weight is 262 g/mol. The zero-order chi connectivity index (χ0) is 11.5. The molecule has 1 aliphatic rings. The van der Waals surface area contributed by atoms with Crippen LogP contribution in [0.3, 0.4) is 0 Å². The van der Waals surface area contributed by atoms with Gasteiger partial charge in [-0.05, 0) is 24.6 Å². The Hall–Kier alpha value is -0.520. The minimum atomic E-state index is -0.0171. The number of benzene rings is 1. The van der Waals surface area contributed by atoms with E-state index in [0.717, 1.165) is 6.42 Å². The van der Waals surface area contributed by atoms with E-state index in [0.29, 0.717) is 22.4 Å². The summed E-state index contributed by atoms with van der Waals surface area (Å²) in [7, 11) is 0. The Morgan fingerprint density at radius 2 is 1.94 bits per heavy atom. The van der Waals surface area contributed by atoms with Crippen molar-refractivity contribution in [3.8, 4) is 5.75 Å². The quantitative estimate of drug-likeness (QED) is 0.773. The van der Waals surface area contributed by atoms with Gasteiger partial charge in [-0.25, -0.2) is 10.9 Å². The van der Waals surface area contributed by atoms with Gasteiger partial charge in [0.25, 0.3) is 0 Å². The molecule has 1 aliphatic heterocycles. The van der Waals surface area contributed by atoms with Crippen molar-refractivity contribution < 1.29 is 4.74 Å². The van der Waals surface area contributed by atoms with Gasteiger partial charge in [0, 0.05) is 10.0 Å². The average Bonchev–Trinajstić information content (AvgIpc) is 2.60. The molecule has 1 aromatic carbocycles. The minimum Gasteiger partial charge on any atom is -0.492 e. The molecule has 4 nitrogen and oxygen atoms in total. The topological polar surface area (TPSA) is 59.3 Å². The Morgan fingerprint density at radius 3 is 2.50 bits per heavy atom. The first-order chi connectivity index (χ1) is 7.63. The molecule has 2 rings (SSSR count). The van der Waals surface area contributed by atoms with Crippen LogP contribution in [0, 0.1) is 0 Å². The van der Waals surface area contributed by atoms with E-state index >= 15 is 0 Å². The lowest BCUT2D eigenvalue weighted by Crippen LogP contribution is -2.38. The lowest BCUT2D eigenvalue weighted by molar-refractivity contribution is 0.273. The fraction of sp³-hybridized carbons (Fsp3) is 0.400. The van der Waals surface area contributed by atoms with E-state index < -0.39 is 0 Å². The van der Waals surface area contributed by atoms with E-state index in [1.807, 2.05) is 0 Å². The van der Waals surface area contributed by atoms with E-state index in [4.69, 9.17) is 33.7 Å². The molecule has 0 spiro atoms. The van der Waals surface area contributed by atoms with Gasteiger partial charge >= 0.3 is 0 Å². The largest absolute Gasteiger partial charge is 0.492 e.